The maximum atomic E-state index is 6.22. The van der Waals surface area contributed by atoms with E-state index in [0.717, 1.165) is 12.8 Å². The Kier molecular flexibility index (Phi) is 3.73. The number of rotatable bonds is 4. The number of fused-ring (bicyclic) bond motifs is 1. The fraction of sp³-hybridized carbons (Fsp3) is 0.400. The van der Waals surface area contributed by atoms with Crippen LogP contribution in [0.2, 0.25) is 0 Å². The number of hydrogen-bond acceptors (Lipinski definition) is 2. The Labute approximate surface area is 132 Å². The van der Waals surface area contributed by atoms with Crippen LogP contribution in [0.25, 0.3) is 0 Å². The number of epoxide rings is 1. The van der Waals surface area contributed by atoms with Gasteiger partial charge in [-0.15, -0.1) is 0 Å². The van der Waals surface area contributed by atoms with Gasteiger partial charge >= 0.3 is 0 Å². The zero-order chi connectivity index (χ0) is 14.8. The highest BCUT2D eigenvalue weighted by atomic mass is 16.6. The van der Waals surface area contributed by atoms with Gasteiger partial charge in [-0.05, 0) is 24.0 Å². The van der Waals surface area contributed by atoms with Crippen molar-refractivity contribution >= 4 is 0 Å². The van der Waals surface area contributed by atoms with Crippen LogP contribution in [0, 0.1) is 0 Å². The molecule has 114 valence electrons. The highest BCUT2D eigenvalue weighted by Crippen LogP contribution is 2.54. The summed E-state index contributed by atoms with van der Waals surface area (Å²) in [6, 6.07) is 21.1. The second kappa shape index (κ2) is 5.86. The van der Waals surface area contributed by atoms with Gasteiger partial charge in [-0.2, -0.15) is 0 Å². The molecule has 1 saturated heterocycles. The molecule has 2 aromatic carbocycles. The number of ether oxygens (including phenoxy) is 2. The van der Waals surface area contributed by atoms with Crippen molar-refractivity contribution in [2.45, 2.75) is 50.1 Å². The lowest BCUT2D eigenvalue weighted by molar-refractivity contribution is 0.0152. The Hall–Kier alpha value is -1.64. The molecule has 4 rings (SSSR count). The van der Waals surface area contributed by atoms with E-state index in [4.69, 9.17) is 9.47 Å². The monoisotopic (exact) mass is 294 g/mol. The molecule has 3 atom stereocenters. The lowest BCUT2D eigenvalue weighted by atomic mass is 9.90. The third kappa shape index (κ3) is 2.57. The lowest BCUT2D eigenvalue weighted by Gasteiger charge is -2.16. The Morgan fingerprint density at radius 3 is 2.45 bits per heavy atom. The van der Waals surface area contributed by atoms with Crippen LogP contribution >= 0.6 is 0 Å². The molecule has 0 spiro atoms. The minimum atomic E-state index is -0.0842. The van der Waals surface area contributed by atoms with Gasteiger partial charge in [0.25, 0.3) is 0 Å². The van der Waals surface area contributed by atoms with Gasteiger partial charge in [0.05, 0.1) is 12.7 Å². The smallest absolute Gasteiger partial charge is 0.122 e. The van der Waals surface area contributed by atoms with Crippen LogP contribution in [-0.2, 0) is 21.7 Å². The average Bonchev–Trinajstić information content (AvgIpc) is 3.32. The summed E-state index contributed by atoms with van der Waals surface area (Å²) >= 11 is 0. The van der Waals surface area contributed by atoms with Crippen molar-refractivity contribution in [3.05, 3.63) is 71.8 Å². The largest absolute Gasteiger partial charge is 0.371 e. The molecule has 2 aliphatic rings. The predicted molar refractivity (Wildman–Crippen MR) is 86.5 cm³/mol. The molecule has 1 heterocycles. The van der Waals surface area contributed by atoms with E-state index in [1.54, 1.807) is 0 Å². The Morgan fingerprint density at radius 1 is 0.955 bits per heavy atom. The van der Waals surface area contributed by atoms with Crippen LogP contribution in [0.1, 0.15) is 36.8 Å². The molecule has 2 aromatic rings. The number of hydrogen-bond donors (Lipinski definition) is 0. The van der Waals surface area contributed by atoms with Crippen LogP contribution in [0.5, 0.6) is 0 Å². The van der Waals surface area contributed by atoms with Gasteiger partial charge in [-0.25, -0.2) is 0 Å². The molecule has 2 nitrogen and oxygen atoms in total. The van der Waals surface area contributed by atoms with E-state index in [2.05, 4.69) is 54.6 Å². The third-order valence-corrected chi connectivity index (χ3v) is 4.93. The summed E-state index contributed by atoms with van der Waals surface area (Å²) in [5.74, 6) is 0. The first-order valence-electron chi connectivity index (χ1n) is 8.27. The van der Waals surface area contributed by atoms with Gasteiger partial charge < -0.3 is 9.47 Å². The second-order valence-corrected chi connectivity index (χ2v) is 6.37. The summed E-state index contributed by atoms with van der Waals surface area (Å²) in [4.78, 5) is 0. The van der Waals surface area contributed by atoms with E-state index in [1.807, 2.05) is 6.07 Å². The third-order valence-electron chi connectivity index (χ3n) is 4.93. The number of benzene rings is 2. The molecule has 22 heavy (non-hydrogen) atoms. The lowest BCUT2D eigenvalue weighted by Crippen LogP contribution is -2.24. The summed E-state index contributed by atoms with van der Waals surface area (Å²) in [5, 5.41) is 0. The van der Waals surface area contributed by atoms with Crippen molar-refractivity contribution in [2.75, 3.05) is 0 Å². The molecule has 2 fully saturated rings. The van der Waals surface area contributed by atoms with E-state index in [0.29, 0.717) is 6.61 Å². The van der Waals surface area contributed by atoms with Crippen LogP contribution < -0.4 is 0 Å². The van der Waals surface area contributed by atoms with Crippen LogP contribution in [0.15, 0.2) is 60.7 Å². The molecule has 0 aromatic heterocycles. The van der Waals surface area contributed by atoms with E-state index in [1.165, 1.54) is 24.0 Å². The van der Waals surface area contributed by atoms with Crippen molar-refractivity contribution < 1.29 is 9.47 Å². The first-order chi connectivity index (χ1) is 10.9. The SMILES string of the molecule is c1ccc(CO[C@H]2CCCC[C@@]3(c4ccccc4)O[C@@H]23)cc1. The summed E-state index contributed by atoms with van der Waals surface area (Å²) in [5.41, 5.74) is 2.46. The Morgan fingerprint density at radius 2 is 1.68 bits per heavy atom. The van der Waals surface area contributed by atoms with Crippen molar-refractivity contribution in [1.29, 1.82) is 0 Å². The van der Waals surface area contributed by atoms with Crippen LogP contribution in [-0.4, -0.2) is 12.2 Å². The molecule has 0 bridgehead atoms. The summed E-state index contributed by atoms with van der Waals surface area (Å²) in [6.45, 7) is 0.677. The predicted octanol–water partition coefficient (Wildman–Crippen LogP) is 4.44. The van der Waals surface area contributed by atoms with Crippen LogP contribution in [0.4, 0.5) is 0 Å². The van der Waals surface area contributed by atoms with E-state index in [9.17, 15) is 0 Å². The average molecular weight is 294 g/mol. The topological polar surface area (TPSA) is 21.8 Å². The highest BCUT2D eigenvalue weighted by molar-refractivity contribution is 5.30. The first-order valence-corrected chi connectivity index (χ1v) is 8.27. The highest BCUT2D eigenvalue weighted by Gasteiger charge is 2.61. The Bertz CT molecular complexity index is 610. The molecule has 0 unspecified atom stereocenters. The molecule has 0 amide bonds. The maximum absolute atomic E-state index is 6.22. The fourth-order valence-corrected chi connectivity index (χ4v) is 3.70. The molecule has 2 heteroatoms. The molecule has 0 N–H and O–H groups in total. The van der Waals surface area contributed by atoms with Gasteiger partial charge in [0, 0.05) is 0 Å². The van der Waals surface area contributed by atoms with Gasteiger partial charge in [0.2, 0.25) is 0 Å². The second-order valence-electron chi connectivity index (χ2n) is 6.37. The summed E-state index contributed by atoms with van der Waals surface area (Å²) < 4.78 is 12.4. The normalized spacial score (nSPS) is 30.4. The van der Waals surface area contributed by atoms with Crippen molar-refractivity contribution in [1.82, 2.24) is 0 Å². The van der Waals surface area contributed by atoms with Gasteiger partial charge in [0.15, 0.2) is 0 Å². The fourth-order valence-electron chi connectivity index (χ4n) is 3.70. The van der Waals surface area contributed by atoms with E-state index < -0.39 is 0 Å². The van der Waals surface area contributed by atoms with E-state index >= 15 is 0 Å². The minimum Gasteiger partial charge on any atom is -0.371 e. The van der Waals surface area contributed by atoms with Crippen LogP contribution in [0.3, 0.4) is 0 Å². The molecule has 1 aliphatic heterocycles. The summed E-state index contributed by atoms with van der Waals surface area (Å²) in [6.07, 6.45) is 5.10. The maximum Gasteiger partial charge on any atom is 0.122 e. The summed E-state index contributed by atoms with van der Waals surface area (Å²) in [7, 11) is 0. The quantitative estimate of drug-likeness (QED) is 0.778. The van der Waals surface area contributed by atoms with Crippen molar-refractivity contribution in [3.63, 3.8) is 0 Å². The minimum absolute atomic E-state index is 0.0842. The molecular weight excluding hydrogens is 272 g/mol. The van der Waals surface area contributed by atoms with Crippen molar-refractivity contribution in [3.8, 4) is 0 Å². The van der Waals surface area contributed by atoms with Gasteiger partial charge in [0.1, 0.15) is 11.7 Å². The first kappa shape index (κ1) is 14.0. The molecular formula is C20H22O2. The standard InChI is InChI=1S/C20H22O2/c1-3-9-16(10-4-1)15-21-18-13-7-8-14-20(19(18)22-20)17-11-5-2-6-12-17/h1-6,9-12,18-19H,7-8,13-15H2/t18-,19-,20-/m0/s1. The zero-order valence-electron chi connectivity index (χ0n) is 12.8. The Balaban J connectivity index is 1.48. The van der Waals surface area contributed by atoms with Gasteiger partial charge in [-0.1, -0.05) is 73.5 Å². The molecule has 0 radical (unpaired) electrons. The van der Waals surface area contributed by atoms with Crippen molar-refractivity contribution in [2.24, 2.45) is 0 Å². The van der Waals surface area contributed by atoms with Gasteiger partial charge in [-0.3, -0.25) is 0 Å². The molecule has 1 aliphatic carbocycles. The molecule has 1 saturated carbocycles. The zero-order valence-corrected chi connectivity index (χ0v) is 12.8. The van der Waals surface area contributed by atoms with E-state index in [-0.39, 0.29) is 17.8 Å².